The lowest BCUT2D eigenvalue weighted by Crippen LogP contribution is -2.23. The van der Waals surface area contributed by atoms with E-state index in [4.69, 9.17) is 9.47 Å². The summed E-state index contributed by atoms with van der Waals surface area (Å²) in [4.78, 5) is 25.9. The summed E-state index contributed by atoms with van der Waals surface area (Å²) in [6.45, 7) is 0.760. The Labute approximate surface area is 152 Å². The molecule has 0 bridgehead atoms. The predicted octanol–water partition coefficient (Wildman–Crippen LogP) is 3.01. The van der Waals surface area contributed by atoms with Gasteiger partial charge in [0.1, 0.15) is 11.5 Å². The molecule has 6 heteroatoms. The van der Waals surface area contributed by atoms with Crippen LogP contribution in [0.15, 0.2) is 42.5 Å². The molecule has 1 N–H and O–H groups in total. The normalized spacial score (nSPS) is 13.6. The molecule has 3 rings (SSSR count). The van der Waals surface area contributed by atoms with E-state index in [0.717, 1.165) is 24.2 Å². The highest BCUT2D eigenvalue weighted by Gasteiger charge is 2.21. The summed E-state index contributed by atoms with van der Waals surface area (Å²) in [5.41, 5.74) is 2.36. The Morgan fingerprint density at radius 1 is 1.12 bits per heavy atom. The SMILES string of the molecule is COc1ccc(NC(=O)Cc2ccc(N3CCCC3=O)cc2)c(OC)c1. The highest BCUT2D eigenvalue weighted by atomic mass is 16.5. The summed E-state index contributed by atoms with van der Waals surface area (Å²) >= 11 is 0. The highest BCUT2D eigenvalue weighted by Crippen LogP contribution is 2.29. The van der Waals surface area contributed by atoms with E-state index in [0.29, 0.717) is 23.6 Å². The fourth-order valence-electron chi connectivity index (χ4n) is 3.00. The minimum Gasteiger partial charge on any atom is -0.497 e. The van der Waals surface area contributed by atoms with Gasteiger partial charge in [0.2, 0.25) is 11.8 Å². The van der Waals surface area contributed by atoms with Crippen molar-refractivity contribution < 1.29 is 19.1 Å². The van der Waals surface area contributed by atoms with Crippen LogP contribution in [0.3, 0.4) is 0 Å². The van der Waals surface area contributed by atoms with Crippen LogP contribution in [0.5, 0.6) is 11.5 Å². The lowest BCUT2D eigenvalue weighted by atomic mass is 10.1. The maximum absolute atomic E-state index is 12.3. The number of hydrogen-bond donors (Lipinski definition) is 1. The molecule has 0 spiro atoms. The summed E-state index contributed by atoms with van der Waals surface area (Å²) in [7, 11) is 3.12. The third kappa shape index (κ3) is 3.96. The summed E-state index contributed by atoms with van der Waals surface area (Å²) in [5, 5.41) is 2.85. The van der Waals surface area contributed by atoms with Crippen molar-refractivity contribution in [3.63, 3.8) is 0 Å². The van der Waals surface area contributed by atoms with Crippen LogP contribution in [0.1, 0.15) is 18.4 Å². The van der Waals surface area contributed by atoms with E-state index in [2.05, 4.69) is 5.32 Å². The molecule has 136 valence electrons. The van der Waals surface area contributed by atoms with Gasteiger partial charge < -0.3 is 19.7 Å². The Kier molecular flexibility index (Phi) is 5.41. The number of hydrogen-bond acceptors (Lipinski definition) is 4. The van der Waals surface area contributed by atoms with Gasteiger partial charge >= 0.3 is 0 Å². The summed E-state index contributed by atoms with van der Waals surface area (Å²) in [5.74, 6) is 1.22. The average molecular weight is 354 g/mol. The summed E-state index contributed by atoms with van der Waals surface area (Å²) in [6.07, 6.45) is 1.74. The molecule has 0 radical (unpaired) electrons. The number of anilines is 2. The second kappa shape index (κ2) is 7.91. The van der Waals surface area contributed by atoms with E-state index in [-0.39, 0.29) is 18.2 Å². The predicted molar refractivity (Wildman–Crippen MR) is 99.9 cm³/mol. The first-order valence-electron chi connectivity index (χ1n) is 8.52. The first kappa shape index (κ1) is 17.8. The van der Waals surface area contributed by atoms with E-state index in [1.807, 2.05) is 24.3 Å². The summed E-state index contributed by atoms with van der Waals surface area (Å²) in [6, 6.07) is 12.8. The van der Waals surface area contributed by atoms with Gasteiger partial charge in [-0.25, -0.2) is 0 Å². The molecule has 1 saturated heterocycles. The van der Waals surface area contributed by atoms with Crippen molar-refractivity contribution >= 4 is 23.2 Å². The molecule has 1 aliphatic rings. The quantitative estimate of drug-likeness (QED) is 0.866. The van der Waals surface area contributed by atoms with Gasteiger partial charge in [-0.3, -0.25) is 9.59 Å². The fraction of sp³-hybridized carbons (Fsp3) is 0.300. The molecule has 0 atom stereocenters. The van der Waals surface area contributed by atoms with Crippen LogP contribution in [0.25, 0.3) is 0 Å². The number of carbonyl (C=O) groups excluding carboxylic acids is 2. The van der Waals surface area contributed by atoms with Crippen LogP contribution in [0, 0.1) is 0 Å². The van der Waals surface area contributed by atoms with E-state index < -0.39 is 0 Å². The number of ether oxygens (including phenoxy) is 2. The average Bonchev–Trinajstić information content (AvgIpc) is 3.08. The van der Waals surface area contributed by atoms with Gasteiger partial charge in [0.05, 0.1) is 26.3 Å². The lowest BCUT2D eigenvalue weighted by molar-refractivity contribution is -0.117. The van der Waals surface area contributed by atoms with Crippen molar-refractivity contribution in [2.24, 2.45) is 0 Å². The molecule has 1 fully saturated rings. The van der Waals surface area contributed by atoms with Crippen LogP contribution in [-0.2, 0) is 16.0 Å². The zero-order chi connectivity index (χ0) is 18.5. The van der Waals surface area contributed by atoms with Crippen molar-refractivity contribution in [3.8, 4) is 11.5 Å². The fourth-order valence-corrected chi connectivity index (χ4v) is 3.00. The van der Waals surface area contributed by atoms with Gasteiger partial charge in [-0.05, 0) is 36.2 Å². The van der Waals surface area contributed by atoms with Gasteiger partial charge in [-0.1, -0.05) is 12.1 Å². The molecule has 0 unspecified atom stereocenters. The standard InChI is InChI=1S/C20H22N2O4/c1-25-16-9-10-17(18(13-16)26-2)21-19(23)12-14-5-7-15(8-6-14)22-11-3-4-20(22)24/h5-10,13H,3-4,11-12H2,1-2H3,(H,21,23). The van der Waals surface area contributed by atoms with Crippen LogP contribution in [0.4, 0.5) is 11.4 Å². The molecular formula is C20H22N2O4. The number of nitrogens with one attached hydrogen (secondary N) is 1. The number of carbonyl (C=O) groups is 2. The molecule has 0 saturated carbocycles. The van der Waals surface area contributed by atoms with Crippen LogP contribution >= 0.6 is 0 Å². The lowest BCUT2D eigenvalue weighted by Gasteiger charge is -2.16. The maximum Gasteiger partial charge on any atom is 0.228 e. The first-order valence-corrected chi connectivity index (χ1v) is 8.52. The van der Waals surface area contributed by atoms with Crippen molar-refractivity contribution in [1.29, 1.82) is 0 Å². The van der Waals surface area contributed by atoms with Gasteiger partial charge in [0, 0.05) is 24.7 Å². The smallest absolute Gasteiger partial charge is 0.228 e. The molecule has 1 aliphatic heterocycles. The van der Waals surface area contributed by atoms with Gasteiger partial charge in [0.25, 0.3) is 0 Å². The molecule has 26 heavy (non-hydrogen) atoms. The van der Waals surface area contributed by atoms with Crippen molar-refractivity contribution in [2.75, 3.05) is 31.0 Å². The molecule has 1 heterocycles. The van der Waals surface area contributed by atoms with E-state index in [1.165, 1.54) is 0 Å². The summed E-state index contributed by atoms with van der Waals surface area (Å²) < 4.78 is 10.4. The third-order valence-electron chi connectivity index (χ3n) is 4.37. The van der Waals surface area contributed by atoms with Crippen molar-refractivity contribution in [1.82, 2.24) is 0 Å². The second-order valence-corrected chi connectivity index (χ2v) is 6.11. The largest absolute Gasteiger partial charge is 0.497 e. The maximum atomic E-state index is 12.3. The molecule has 2 amide bonds. The Balaban J connectivity index is 1.64. The Morgan fingerprint density at radius 2 is 1.88 bits per heavy atom. The Hall–Kier alpha value is -3.02. The van der Waals surface area contributed by atoms with Crippen LogP contribution in [-0.4, -0.2) is 32.6 Å². The first-order chi connectivity index (χ1) is 12.6. The molecule has 0 aliphatic carbocycles. The van der Waals surface area contributed by atoms with Gasteiger partial charge in [-0.15, -0.1) is 0 Å². The minimum atomic E-state index is -0.140. The van der Waals surface area contributed by atoms with E-state index in [9.17, 15) is 9.59 Å². The number of amides is 2. The topological polar surface area (TPSA) is 67.9 Å². The van der Waals surface area contributed by atoms with Crippen LogP contribution in [0.2, 0.25) is 0 Å². The Morgan fingerprint density at radius 3 is 2.50 bits per heavy atom. The number of nitrogens with zero attached hydrogens (tertiary/aromatic N) is 1. The van der Waals surface area contributed by atoms with Crippen molar-refractivity contribution in [2.45, 2.75) is 19.3 Å². The van der Waals surface area contributed by atoms with Gasteiger partial charge in [0.15, 0.2) is 0 Å². The number of methoxy groups -OCH3 is 2. The van der Waals surface area contributed by atoms with Crippen molar-refractivity contribution in [3.05, 3.63) is 48.0 Å². The number of benzene rings is 2. The van der Waals surface area contributed by atoms with E-state index in [1.54, 1.807) is 37.3 Å². The highest BCUT2D eigenvalue weighted by molar-refractivity contribution is 5.96. The molecule has 0 aromatic heterocycles. The minimum absolute atomic E-state index is 0.140. The van der Waals surface area contributed by atoms with Gasteiger partial charge in [-0.2, -0.15) is 0 Å². The molecule has 6 nitrogen and oxygen atoms in total. The second-order valence-electron chi connectivity index (χ2n) is 6.11. The molecule has 2 aromatic carbocycles. The third-order valence-corrected chi connectivity index (χ3v) is 4.37. The molecule has 2 aromatic rings. The Bertz CT molecular complexity index is 802. The zero-order valence-corrected chi connectivity index (χ0v) is 15.0. The zero-order valence-electron chi connectivity index (χ0n) is 15.0. The number of rotatable bonds is 6. The monoisotopic (exact) mass is 354 g/mol. The van der Waals surface area contributed by atoms with E-state index >= 15 is 0 Å². The molecular weight excluding hydrogens is 332 g/mol. The van der Waals surface area contributed by atoms with Crippen LogP contribution < -0.4 is 19.7 Å².